The Morgan fingerprint density at radius 1 is 1.48 bits per heavy atom. The van der Waals surface area contributed by atoms with Crippen LogP contribution >= 0.6 is 0 Å². The summed E-state index contributed by atoms with van der Waals surface area (Å²) >= 11 is 0. The molecule has 0 saturated carbocycles. The maximum atomic E-state index is 12.0. The monoisotopic (exact) mass is 298 g/mol. The number of hydrogen-bond acceptors (Lipinski definition) is 4. The van der Waals surface area contributed by atoms with E-state index in [1.165, 1.54) is 5.57 Å². The minimum atomic E-state index is -0.283. The van der Waals surface area contributed by atoms with Gasteiger partial charge in [-0.25, -0.2) is 0 Å². The zero-order chi connectivity index (χ0) is 15.9. The van der Waals surface area contributed by atoms with Crippen molar-refractivity contribution in [2.45, 2.75) is 65.1 Å². The highest BCUT2D eigenvalue weighted by atomic mass is 16.6. The summed E-state index contributed by atoms with van der Waals surface area (Å²) in [5, 5.41) is 9.01. The Kier molecular flexibility index (Phi) is 7.57. The number of rotatable bonds is 8. The quantitative estimate of drug-likeness (QED) is 0.700. The van der Waals surface area contributed by atoms with Gasteiger partial charge < -0.3 is 14.6 Å². The molecule has 4 nitrogen and oxygen atoms in total. The average Bonchev–Trinajstić information content (AvgIpc) is 2.45. The molecular formula is C17H30O4. The molecule has 3 atom stereocenters. The summed E-state index contributed by atoms with van der Waals surface area (Å²) in [6, 6.07) is 0. The van der Waals surface area contributed by atoms with E-state index >= 15 is 0 Å². The summed E-state index contributed by atoms with van der Waals surface area (Å²) in [4.78, 5) is 12.0. The lowest BCUT2D eigenvalue weighted by Crippen LogP contribution is -2.45. The summed E-state index contributed by atoms with van der Waals surface area (Å²) in [5.74, 6) is 0.404. The maximum Gasteiger partial charge on any atom is 0.139 e. The number of ketones is 1. The van der Waals surface area contributed by atoms with Crippen molar-refractivity contribution in [3.05, 3.63) is 11.6 Å². The molecule has 21 heavy (non-hydrogen) atoms. The van der Waals surface area contributed by atoms with Crippen LogP contribution in [0.2, 0.25) is 0 Å². The zero-order valence-corrected chi connectivity index (χ0v) is 13.9. The van der Waals surface area contributed by atoms with E-state index in [1.54, 1.807) is 0 Å². The molecule has 0 aliphatic carbocycles. The van der Waals surface area contributed by atoms with Crippen LogP contribution in [0.1, 0.15) is 53.4 Å². The molecule has 0 unspecified atom stereocenters. The molecule has 1 aliphatic heterocycles. The Labute approximate surface area is 128 Å². The summed E-state index contributed by atoms with van der Waals surface area (Å²) in [7, 11) is 0. The van der Waals surface area contributed by atoms with Gasteiger partial charge in [0, 0.05) is 12.3 Å². The number of aliphatic hydroxyl groups is 1. The van der Waals surface area contributed by atoms with Crippen molar-refractivity contribution < 1.29 is 19.4 Å². The van der Waals surface area contributed by atoms with Crippen molar-refractivity contribution in [3.8, 4) is 0 Å². The Hall–Kier alpha value is -0.710. The van der Waals surface area contributed by atoms with Crippen molar-refractivity contribution in [1.82, 2.24) is 0 Å². The lowest BCUT2D eigenvalue weighted by Gasteiger charge is -2.37. The SMILES string of the molecule is CC(C)=CCC(=O)[C@H](C)CCC[C@@]1(C)CO[C@H](CO)CO1. The first kappa shape index (κ1) is 18.3. The molecule has 0 aromatic rings. The zero-order valence-electron chi connectivity index (χ0n) is 13.9. The fourth-order valence-electron chi connectivity index (χ4n) is 2.38. The minimum Gasteiger partial charge on any atom is -0.394 e. The molecule has 1 heterocycles. The van der Waals surface area contributed by atoms with Gasteiger partial charge in [-0.1, -0.05) is 18.6 Å². The van der Waals surface area contributed by atoms with Gasteiger partial charge in [-0.15, -0.1) is 0 Å². The highest BCUT2D eigenvalue weighted by Crippen LogP contribution is 2.25. The number of carbonyl (C=O) groups is 1. The van der Waals surface area contributed by atoms with E-state index in [2.05, 4.69) is 0 Å². The van der Waals surface area contributed by atoms with Crippen molar-refractivity contribution in [2.75, 3.05) is 19.8 Å². The van der Waals surface area contributed by atoms with Crippen LogP contribution in [0, 0.1) is 5.92 Å². The molecule has 1 aliphatic rings. The first-order chi connectivity index (χ1) is 9.86. The van der Waals surface area contributed by atoms with Crippen molar-refractivity contribution in [1.29, 1.82) is 0 Å². The lowest BCUT2D eigenvalue weighted by atomic mass is 9.92. The molecule has 1 fully saturated rings. The van der Waals surface area contributed by atoms with Crippen LogP contribution in [0.15, 0.2) is 11.6 Å². The number of ether oxygens (including phenoxy) is 2. The van der Waals surface area contributed by atoms with Crippen molar-refractivity contribution in [3.63, 3.8) is 0 Å². The van der Waals surface area contributed by atoms with E-state index in [4.69, 9.17) is 14.6 Å². The second-order valence-electron chi connectivity index (χ2n) is 6.62. The smallest absolute Gasteiger partial charge is 0.139 e. The van der Waals surface area contributed by atoms with Crippen molar-refractivity contribution >= 4 is 5.78 Å². The van der Waals surface area contributed by atoms with Crippen LogP contribution < -0.4 is 0 Å². The molecule has 122 valence electrons. The number of Topliss-reactive ketones (excluding diaryl/α,β-unsaturated/α-hetero) is 1. The molecule has 4 heteroatoms. The van der Waals surface area contributed by atoms with E-state index in [-0.39, 0.29) is 24.2 Å². The predicted molar refractivity (Wildman–Crippen MR) is 83.3 cm³/mol. The van der Waals surface area contributed by atoms with Crippen LogP contribution in [0.5, 0.6) is 0 Å². The average molecular weight is 298 g/mol. The summed E-state index contributed by atoms with van der Waals surface area (Å²) in [5.41, 5.74) is 0.906. The van der Waals surface area contributed by atoms with Crippen LogP contribution in [-0.4, -0.2) is 42.4 Å². The Bertz CT molecular complexity index is 350. The van der Waals surface area contributed by atoms with E-state index < -0.39 is 0 Å². The molecule has 1 rings (SSSR count). The summed E-state index contributed by atoms with van der Waals surface area (Å²) in [6.07, 6.45) is 5.06. The number of carbonyl (C=O) groups excluding carboxylic acids is 1. The van der Waals surface area contributed by atoms with Gasteiger partial charge in [-0.3, -0.25) is 4.79 Å². The summed E-state index contributed by atoms with van der Waals surface area (Å²) in [6.45, 7) is 9.03. The molecule has 0 bridgehead atoms. The predicted octanol–water partition coefficient (Wildman–Crippen LogP) is 2.88. The lowest BCUT2D eigenvalue weighted by molar-refractivity contribution is -0.193. The maximum absolute atomic E-state index is 12.0. The third kappa shape index (κ3) is 6.72. The Morgan fingerprint density at radius 2 is 2.19 bits per heavy atom. The van der Waals surface area contributed by atoms with Gasteiger partial charge in [-0.2, -0.15) is 0 Å². The third-order valence-electron chi connectivity index (χ3n) is 4.05. The second kappa shape index (κ2) is 8.66. The second-order valence-corrected chi connectivity index (χ2v) is 6.62. The molecule has 0 aromatic carbocycles. The van der Waals surface area contributed by atoms with Crippen LogP contribution in [0.3, 0.4) is 0 Å². The molecule has 1 N–H and O–H groups in total. The molecule has 0 amide bonds. The van der Waals surface area contributed by atoms with Gasteiger partial charge >= 0.3 is 0 Å². The van der Waals surface area contributed by atoms with Gasteiger partial charge in [0.15, 0.2) is 0 Å². The van der Waals surface area contributed by atoms with Crippen LogP contribution in [0.4, 0.5) is 0 Å². The molecule has 1 saturated heterocycles. The largest absolute Gasteiger partial charge is 0.394 e. The molecule has 0 spiro atoms. The number of aliphatic hydroxyl groups excluding tert-OH is 1. The van der Waals surface area contributed by atoms with Gasteiger partial charge in [0.1, 0.15) is 11.9 Å². The fourth-order valence-corrected chi connectivity index (χ4v) is 2.38. The van der Waals surface area contributed by atoms with Gasteiger partial charge in [-0.05, 0) is 40.0 Å². The first-order valence-corrected chi connectivity index (χ1v) is 7.89. The molecule has 0 radical (unpaired) electrons. The van der Waals surface area contributed by atoms with E-state index in [9.17, 15) is 4.79 Å². The van der Waals surface area contributed by atoms with Gasteiger partial charge in [0.05, 0.1) is 25.4 Å². The highest BCUT2D eigenvalue weighted by molar-refractivity contribution is 5.82. The van der Waals surface area contributed by atoms with Crippen LogP contribution in [-0.2, 0) is 14.3 Å². The summed E-state index contributed by atoms with van der Waals surface area (Å²) < 4.78 is 11.4. The number of hydrogen-bond donors (Lipinski definition) is 1. The Morgan fingerprint density at radius 3 is 2.71 bits per heavy atom. The fraction of sp³-hybridized carbons (Fsp3) is 0.824. The van der Waals surface area contributed by atoms with Crippen molar-refractivity contribution in [2.24, 2.45) is 5.92 Å². The van der Waals surface area contributed by atoms with E-state index in [0.29, 0.717) is 25.4 Å². The number of allylic oxidation sites excluding steroid dienone is 2. The topological polar surface area (TPSA) is 55.8 Å². The molecular weight excluding hydrogens is 268 g/mol. The van der Waals surface area contributed by atoms with E-state index in [1.807, 2.05) is 33.8 Å². The normalized spacial score (nSPS) is 27.2. The van der Waals surface area contributed by atoms with E-state index in [0.717, 1.165) is 19.3 Å². The molecule has 0 aromatic heterocycles. The Balaban J connectivity index is 2.26. The third-order valence-corrected chi connectivity index (χ3v) is 4.05. The van der Waals surface area contributed by atoms with Gasteiger partial charge in [0.2, 0.25) is 0 Å². The van der Waals surface area contributed by atoms with Crippen LogP contribution in [0.25, 0.3) is 0 Å². The highest BCUT2D eigenvalue weighted by Gasteiger charge is 2.32. The first-order valence-electron chi connectivity index (χ1n) is 7.89. The van der Waals surface area contributed by atoms with Gasteiger partial charge in [0.25, 0.3) is 0 Å². The minimum absolute atomic E-state index is 0.00593. The standard InChI is InChI=1S/C17H30O4/c1-13(2)7-8-16(19)14(3)6-5-9-17(4)12-20-15(10-18)11-21-17/h7,14-15,18H,5-6,8-12H2,1-4H3/t14-,15-,17+/m1/s1.